The van der Waals surface area contributed by atoms with E-state index in [0.29, 0.717) is 21.9 Å². The van der Waals surface area contributed by atoms with E-state index in [1.807, 2.05) is 0 Å². The number of hydrogen-bond donors (Lipinski definition) is 3. The van der Waals surface area contributed by atoms with Gasteiger partial charge in [-0.05, 0) is 74.2 Å². The predicted molar refractivity (Wildman–Crippen MR) is 175 cm³/mol. The Morgan fingerprint density at radius 2 is 1.67 bits per heavy atom. The number of aliphatic carboxylic acids is 1. The number of rotatable bonds is 15. The highest BCUT2D eigenvalue weighted by Crippen LogP contribution is 2.30. The maximum Gasteiger partial charge on any atom is 0.408 e. The summed E-state index contributed by atoms with van der Waals surface area (Å²) in [7, 11) is 1.54. The fraction of sp³-hybridized carbons (Fsp3) is 0.353. The summed E-state index contributed by atoms with van der Waals surface area (Å²) < 4.78 is 21.6. The molecule has 49 heavy (non-hydrogen) atoms. The van der Waals surface area contributed by atoms with Gasteiger partial charge in [-0.25, -0.2) is 14.4 Å². The first-order valence-corrected chi connectivity index (χ1v) is 16.1. The summed E-state index contributed by atoms with van der Waals surface area (Å²) in [5.74, 6) is -3.44. The van der Waals surface area contributed by atoms with Crippen LogP contribution >= 0.6 is 11.3 Å². The number of thiophene rings is 1. The van der Waals surface area contributed by atoms with Crippen molar-refractivity contribution in [1.29, 1.82) is 0 Å². The molecule has 14 nitrogen and oxygen atoms in total. The molecule has 3 N–H and O–H groups in total. The quantitative estimate of drug-likeness (QED) is 0.0914. The highest BCUT2D eigenvalue weighted by Gasteiger charge is 2.45. The lowest BCUT2D eigenvalue weighted by molar-refractivity contribution is -0.159. The monoisotopic (exact) mass is 695 g/mol. The van der Waals surface area contributed by atoms with Crippen LogP contribution in [0.15, 0.2) is 66.0 Å². The van der Waals surface area contributed by atoms with Crippen LogP contribution in [0.4, 0.5) is 4.79 Å². The number of alkyl carbamates (subject to hydrolysis) is 1. The molecule has 1 aromatic heterocycles. The fourth-order valence-electron chi connectivity index (χ4n) is 4.68. The van der Waals surface area contributed by atoms with E-state index in [4.69, 9.17) is 18.9 Å². The van der Waals surface area contributed by atoms with Crippen LogP contribution in [0.25, 0.3) is 0 Å². The molecule has 3 unspecified atom stereocenters. The molecule has 3 aromatic rings. The molecule has 1 fully saturated rings. The van der Waals surface area contributed by atoms with Crippen LogP contribution in [-0.2, 0) is 35.3 Å². The lowest BCUT2D eigenvalue weighted by Gasteiger charge is -2.41. The van der Waals surface area contributed by atoms with Crippen molar-refractivity contribution in [1.82, 2.24) is 15.5 Å². The maximum absolute atomic E-state index is 12.9. The van der Waals surface area contributed by atoms with E-state index in [-0.39, 0.29) is 31.7 Å². The molecule has 15 heteroatoms. The Balaban J connectivity index is 1.28. The molecule has 2 heterocycles. The van der Waals surface area contributed by atoms with E-state index in [1.165, 1.54) is 35.6 Å². The number of ether oxygens (including phenoxy) is 4. The van der Waals surface area contributed by atoms with Crippen molar-refractivity contribution in [3.8, 4) is 11.5 Å². The maximum atomic E-state index is 12.9. The molecular weight excluding hydrogens is 658 g/mol. The molecule has 0 saturated carbocycles. The number of carbonyl (C=O) groups is 6. The number of nitrogens with zero attached hydrogens (tertiary/aromatic N) is 1. The molecule has 3 atom stereocenters. The third-order valence-corrected chi connectivity index (χ3v) is 8.06. The van der Waals surface area contributed by atoms with Crippen molar-refractivity contribution in [3.05, 3.63) is 82.0 Å². The summed E-state index contributed by atoms with van der Waals surface area (Å²) in [6, 6.07) is 12.6. The van der Waals surface area contributed by atoms with Gasteiger partial charge in [0.25, 0.3) is 5.91 Å². The first-order valence-electron chi connectivity index (χ1n) is 15.2. The van der Waals surface area contributed by atoms with E-state index in [0.717, 1.165) is 4.90 Å². The highest BCUT2D eigenvalue weighted by atomic mass is 32.1. The molecule has 1 aliphatic rings. The van der Waals surface area contributed by atoms with Crippen molar-refractivity contribution >= 4 is 47.0 Å². The molecule has 0 bridgehead atoms. The van der Waals surface area contributed by atoms with Gasteiger partial charge in [0.1, 0.15) is 35.8 Å². The van der Waals surface area contributed by atoms with Crippen LogP contribution in [0, 0.1) is 0 Å². The number of benzene rings is 2. The molecule has 1 aliphatic heterocycles. The first kappa shape index (κ1) is 36.4. The summed E-state index contributed by atoms with van der Waals surface area (Å²) >= 11 is 1.20. The fourth-order valence-corrected chi connectivity index (χ4v) is 5.50. The highest BCUT2D eigenvalue weighted by molar-refractivity contribution is 7.10. The SMILES string of the molecule is COc1ccc(COC(=O)C(CCOc2ccc(C(=O)C(=O)NC3CN(C(C(=O)O)c4cccs4)C3=O)cc2)NC(=O)OC(C)(C)C)cc1. The lowest BCUT2D eigenvalue weighted by atomic mass is 10.0. The Labute approximate surface area is 286 Å². The van der Waals surface area contributed by atoms with E-state index >= 15 is 0 Å². The van der Waals surface area contributed by atoms with Gasteiger partial charge in [0, 0.05) is 16.9 Å². The molecule has 0 aliphatic carbocycles. The van der Waals surface area contributed by atoms with Crippen molar-refractivity contribution in [2.45, 2.75) is 57.5 Å². The van der Waals surface area contributed by atoms with E-state index < -0.39 is 59.4 Å². The van der Waals surface area contributed by atoms with E-state index in [9.17, 15) is 33.9 Å². The van der Waals surface area contributed by atoms with Gasteiger partial charge >= 0.3 is 18.0 Å². The summed E-state index contributed by atoms with van der Waals surface area (Å²) in [6.45, 7) is 4.94. The number of esters is 1. The third-order valence-electron chi connectivity index (χ3n) is 7.14. The number of amides is 3. The number of carboxylic acids is 1. The van der Waals surface area contributed by atoms with Crippen molar-refractivity contribution in [2.75, 3.05) is 20.3 Å². The van der Waals surface area contributed by atoms with Crippen LogP contribution < -0.4 is 20.1 Å². The first-order chi connectivity index (χ1) is 23.3. The van der Waals surface area contributed by atoms with Crippen LogP contribution in [0.3, 0.4) is 0 Å². The number of β-lactam (4-membered cyclic amide) rings is 1. The van der Waals surface area contributed by atoms with Gasteiger partial charge in [-0.2, -0.15) is 0 Å². The molecule has 0 radical (unpaired) electrons. The van der Waals surface area contributed by atoms with Crippen molar-refractivity contribution in [2.24, 2.45) is 0 Å². The number of nitrogens with one attached hydrogen (secondary N) is 2. The predicted octanol–water partition coefficient (Wildman–Crippen LogP) is 3.50. The molecule has 3 amide bonds. The second-order valence-electron chi connectivity index (χ2n) is 11.9. The molecule has 4 rings (SSSR count). The minimum absolute atomic E-state index is 0.0193. The van der Waals surface area contributed by atoms with Gasteiger partial charge in [0.15, 0.2) is 6.04 Å². The summed E-state index contributed by atoms with van der Waals surface area (Å²) in [6.07, 6.45) is -0.786. The zero-order chi connectivity index (χ0) is 35.7. The Kier molecular flexibility index (Phi) is 12.0. The molecule has 2 aromatic carbocycles. The van der Waals surface area contributed by atoms with Gasteiger partial charge in [-0.1, -0.05) is 18.2 Å². The van der Waals surface area contributed by atoms with Gasteiger partial charge in [0.2, 0.25) is 11.7 Å². The van der Waals surface area contributed by atoms with Crippen LogP contribution in [0.5, 0.6) is 11.5 Å². The number of ketones is 1. The average Bonchev–Trinajstić information content (AvgIpc) is 3.59. The van der Waals surface area contributed by atoms with Crippen molar-refractivity contribution < 1.29 is 52.8 Å². The average molecular weight is 696 g/mol. The second kappa shape index (κ2) is 16.1. The lowest BCUT2D eigenvalue weighted by Crippen LogP contribution is -2.65. The number of hydrogen-bond acceptors (Lipinski definition) is 11. The number of Topliss-reactive ketones (excluding diaryl/α,β-unsaturated/α-hetero) is 1. The van der Waals surface area contributed by atoms with E-state index in [1.54, 1.807) is 69.7 Å². The number of carboxylic acid groups (broad SMARTS) is 1. The molecule has 0 spiro atoms. The zero-order valence-corrected chi connectivity index (χ0v) is 28.1. The summed E-state index contributed by atoms with van der Waals surface area (Å²) in [5, 5.41) is 16.2. The minimum atomic E-state index is -1.20. The Bertz CT molecular complexity index is 1650. The van der Waals surface area contributed by atoms with Gasteiger partial charge in [-0.3, -0.25) is 14.4 Å². The number of likely N-dealkylation sites (tertiary alicyclic amines) is 1. The largest absolute Gasteiger partial charge is 0.497 e. The smallest absolute Gasteiger partial charge is 0.408 e. The zero-order valence-electron chi connectivity index (χ0n) is 27.3. The van der Waals surface area contributed by atoms with Crippen LogP contribution in [0.2, 0.25) is 0 Å². The number of carbonyl (C=O) groups excluding carboxylic acids is 5. The topological polar surface area (TPSA) is 187 Å². The third kappa shape index (κ3) is 10.0. The summed E-state index contributed by atoms with van der Waals surface area (Å²) in [4.78, 5) is 76.7. The minimum Gasteiger partial charge on any atom is -0.497 e. The van der Waals surface area contributed by atoms with E-state index in [2.05, 4.69) is 10.6 Å². The van der Waals surface area contributed by atoms with Gasteiger partial charge in [-0.15, -0.1) is 11.3 Å². The van der Waals surface area contributed by atoms with Gasteiger partial charge < -0.3 is 39.6 Å². The Morgan fingerprint density at radius 3 is 2.24 bits per heavy atom. The van der Waals surface area contributed by atoms with Crippen LogP contribution in [-0.4, -0.2) is 83.6 Å². The molecule has 260 valence electrons. The van der Waals surface area contributed by atoms with Crippen molar-refractivity contribution in [3.63, 3.8) is 0 Å². The second-order valence-corrected chi connectivity index (χ2v) is 12.9. The molecule has 1 saturated heterocycles. The standard InChI is InChI=1S/C34H37N3O11S/c1-34(2,3)48-33(44)36-24(32(43)47-19-20-7-11-22(45-4)12-8-20)15-16-46-23-13-9-21(10-14-23)28(38)29(39)35-25-18-37(30(25)40)27(31(41)42)26-6-5-17-49-26/h5-14,17,24-25,27H,15-16,18-19H2,1-4H3,(H,35,39)(H,36,44)(H,41,42). The molecular formula is C34H37N3O11S. The number of methoxy groups -OCH3 is 1. The van der Waals surface area contributed by atoms with Crippen LogP contribution in [0.1, 0.15) is 54.0 Å². The summed E-state index contributed by atoms with van der Waals surface area (Å²) in [5.41, 5.74) is -0.0516. The Morgan fingerprint density at radius 1 is 1.00 bits per heavy atom. The Hall–Kier alpha value is -5.44. The van der Waals surface area contributed by atoms with Gasteiger partial charge in [0.05, 0.1) is 20.3 Å². The normalized spacial score (nSPS) is 15.2.